The highest BCUT2D eigenvalue weighted by molar-refractivity contribution is 7.89. The summed E-state index contributed by atoms with van der Waals surface area (Å²) in [5, 5.41) is 5.56. The van der Waals surface area contributed by atoms with Gasteiger partial charge < -0.3 is 15.5 Å². The first-order valence-electron chi connectivity index (χ1n) is 8.81. The summed E-state index contributed by atoms with van der Waals surface area (Å²) >= 11 is 0. The predicted molar refractivity (Wildman–Crippen MR) is 111 cm³/mol. The molecule has 0 spiro atoms. The molecule has 2 aromatic carbocycles. The molecule has 0 aromatic heterocycles. The van der Waals surface area contributed by atoms with Crippen LogP contribution in [-0.2, 0) is 22.0 Å². The number of carbonyl (C=O) groups excluding carboxylic acids is 1. The van der Waals surface area contributed by atoms with E-state index in [0.717, 1.165) is 18.5 Å². The highest BCUT2D eigenvalue weighted by atomic mass is 32.2. The normalized spacial score (nSPS) is 11.1. The van der Waals surface area contributed by atoms with E-state index in [9.17, 15) is 13.2 Å². The Bertz CT molecular complexity index is 862. The Kier molecular flexibility index (Phi) is 7.24. The molecule has 2 N–H and O–H groups in total. The van der Waals surface area contributed by atoms with Crippen LogP contribution < -0.4 is 15.5 Å². The maximum Gasteiger partial charge on any atom is 0.319 e. The topological polar surface area (TPSA) is 78.5 Å². The second kappa shape index (κ2) is 9.41. The molecule has 0 radical (unpaired) electrons. The molecule has 2 aromatic rings. The summed E-state index contributed by atoms with van der Waals surface area (Å²) in [5.41, 5.74) is 3.62. The van der Waals surface area contributed by atoms with Gasteiger partial charge in [0.15, 0.2) is 9.84 Å². The van der Waals surface area contributed by atoms with Gasteiger partial charge in [-0.25, -0.2) is 13.2 Å². The minimum atomic E-state index is -3.10. The summed E-state index contributed by atoms with van der Waals surface area (Å²) in [7, 11) is 0.912. The molecule has 0 aliphatic rings. The van der Waals surface area contributed by atoms with Crippen LogP contribution in [0.25, 0.3) is 0 Å². The van der Waals surface area contributed by atoms with Gasteiger partial charge in [-0.05, 0) is 48.2 Å². The second-order valence-electron chi connectivity index (χ2n) is 6.82. The van der Waals surface area contributed by atoms with Crippen molar-refractivity contribution in [2.75, 3.05) is 37.1 Å². The van der Waals surface area contributed by atoms with Gasteiger partial charge >= 0.3 is 6.03 Å². The Hall–Kier alpha value is -2.54. The molecular formula is C20H27N3O3S. The van der Waals surface area contributed by atoms with Crippen LogP contribution in [0, 0.1) is 0 Å². The van der Waals surface area contributed by atoms with E-state index < -0.39 is 9.84 Å². The fourth-order valence-electron chi connectivity index (χ4n) is 2.67. The number of carbonyl (C=O) groups is 1. The smallest absolute Gasteiger partial charge is 0.319 e. The minimum Gasteiger partial charge on any atom is -0.378 e. The Morgan fingerprint density at radius 3 is 2.37 bits per heavy atom. The molecule has 0 bridgehead atoms. The van der Waals surface area contributed by atoms with Crippen molar-refractivity contribution < 1.29 is 13.2 Å². The van der Waals surface area contributed by atoms with Crippen molar-refractivity contribution in [3.05, 3.63) is 59.7 Å². The summed E-state index contributed by atoms with van der Waals surface area (Å²) in [6.07, 6.45) is 2.91. The molecule has 0 aliphatic heterocycles. The minimum absolute atomic E-state index is 0.0449. The maximum atomic E-state index is 12.0. The molecule has 0 heterocycles. The fraction of sp³-hybridized carbons (Fsp3) is 0.350. The van der Waals surface area contributed by atoms with Gasteiger partial charge in [0.1, 0.15) is 0 Å². The molecule has 2 rings (SSSR count). The number of urea groups is 1. The van der Waals surface area contributed by atoms with E-state index in [1.54, 1.807) is 24.3 Å². The van der Waals surface area contributed by atoms with Crippen LogP contribution in [0.1, 0.15) is 17.5 Å². The van der Waals surface area contributed by atoms with Crippen LogP contribution in [0.2, 0.25) is 0 Å². The first-order valence-corrected chi connectivity index (χ1v) is 10.9. The average molecular weight is 390 g/mol. The van der Waals surface area contributed by atoms with Gasteiger partial charge in [-0.15, -0.1) is 0 Å². The lowest BCUT2D eigenvalue weighted by Gasteiger charge is -2.12. The molecule has 0 saturated carbocycles. The van der Waals surface area contributed by atoms with Gasteiger partial charge in [-0.1, -0.05) is 24.3 Å². The van der Waals surface area contributed by atoms with E-state index in [2.05, 4.69) is 39.8 Å². The number of nitrogens with one attached hydrogen (secondary N) is 2. The van der Waals surface area contributed by atoms with Crippen LogP contribution in [0.15, 0.2) is 48.5 Å². The third-order valence-electron chi connectivity index (χ3n) is 3.99. The standard InChI is InChI=1S/C20H27N3O3S/c1-23(2)19-11-9-16(10-12-19)7-5-13-21-20(24)22-18-8-4-6-17(14-18)15-27(3,25)26/h4,6,8-12,14H,5,7,13,15H2,1-3H3,(H2,21,22,24). The van der Waals surface area contributed by atoms with Crippen LogP contribution in [0.4, 0.5) is 16.2 Å². The number of anilines is 2. The Morgan fingerprint density at radius 1 is 1.04 bits per heavy atom. The van der Waals surface area contributed by atoms with E-state index >= 15 is 0 Å². The molecule has 0 atom stereocenters. The van der Waals surface area contributed by atoms with Crippen molar-refractivity contribution in [1.29, 1.82) is 0 Å². The zero-order valence-electron chi connectivity index (χ0n) is 16.0. The van der Waals surface area contributed by atoms with Crippen molar-refractivity contribution in [3.63, 3.8) is 0 Å². The first kappa shape index (κ1) is 20.8. The van der Waals surface area contributed by atoms with Gasteiger partial charge in [0.2, 0.25) is 0 Å². The van der Waals surface area contributed by atoms with Crippen molar-refractivity contribution in [3.8, 4) is 0 Å². The molecule has 146 valence electrons. The molecule has 0 saturated heterocycles. The maximum absolute atomic E-state index is 12.0. The third kappa shape index (κ3) is 7.70. The van der Waals surface area contributed by atoms with Crippen molar-refractivity contribution >= 4 is 27.2 Å². The zero-order chi connectivity index (χ0) is 19.9. The molecule has 2 amide bonds. The van der Waals surface area contributed by atoms with E-state index in [1.807, 2.05) is 14.1 Å². The van der Waals surface area contributed by atoms with Gasteiger partial charge in [0, 0.05) is 38.3 Å². The number of sulfone groups is 1. The number of rotatable bonds is 8. The molecule has 7 heteroatoms. The number of hydrogen-bond acceptors (Lipinski definition) is 4. The summed E-state index contributed by atoms with van der Waals surface area (Å²) in [4.78, 5) is 14.1. The Labute approximate surface area is 161 Å². The van der Waals surface area contributed by atoms with Gasteiger partial charge in [0.05, 0.1) is 5.75 Å². The highest BCUT2D eigenvalue weighted by Crippen LogP contribution is 2.14. The van der Waals surface area contributed by atoms with Crippen LogP contribution in [0.5, 0.6) is 0 Å². The molecule has 27 heavy (non-hydrogen) atoms. The lowest BCUT2D eigenvalue weighted by Crippen LogP contribution is -2.29. The largest absolute Gasteiger partial charge is 0.378 e. The Morgan fingerprint density at radius 2 is 1.74 bits per heavy atom. The number of aryl methyl sites for hydroxylation is 1. The average Bonchev–Trinajstić information content (AvgIpc) is 2.58. The molecule has 6 nitrogen and oxygen atoms in total. The lowest BCUT2D eigenvalue weighted by molar-refractivity contribution is 0.252. The fourth-order valence-corrected chi connectivity index (χ4v) is 3.46. The zero-order valence-corrected chi connectivity index (χ0v) is 16.8. The van der Waals surface area contributed by atoms with Crippen LogP contribution >= 0.6 is 0 Å². The van der Waals surface area contributed by atoms with Gasteiger partial charge in [-0.3, -0.25) is 0 Å². The highest BCUT2D eigenvalue weighted by Gasteiger charge is 2.07. The summed E-state index contributed by atoms with van der Waals surface area (Å²) < 4.78 is 22.8. The van der Waals surface area contributed by atoms with Crippen LogP contribution in [-0.4, -0.2) is 41.3 Å². The van der Waals surface area contributed by atoms with Crippen molar-refractivity contribution in [2.24, 2.45) is 0 Å². The van der Waals surface area contributed by atoms with E-state index in [1.165, 1.54) is 11.8 Å². The van der Waals surface area contributed by atoms with Crippen molar-refractivity contribution in [2.45, 2.75) is 18.6 Å². The predicted octanol–water partition coefficient (Wildman–Crippen LogP) is 3.05. The first-order chi connectivity index (χ1) is 12.7. The molecule has 0 aliphatic carbocycles. The summed E-state index contributed by atoms with van der Waals surface area (Å²) in [6.45, 7) is 0.560. The van der Waals surface area contributed by atoms with E-state index in [0.29, 0.717) is 17.8 Å². The van der Waals surface area contributed by atoms with Gasteiger partial charge in [-0.2, -0.15) is 0 Å². The SMILES string of the molecule is CN(C)c1ccc(CCCNC(=O)Nc2cccc(CS(C)(=O)=O)c2)cc1. The molecule has 0 fully saturated rings. The summed E-state index contributed by atoms with van der Waals surface area (Å²) in [5.74, 6) is -0.0449. The quantitative estimate of drug-likeness (QED) is 0.680. The van der Waals surface area contributed by atoms with Crippen LogP contribution in [0.3, 0.4) is 0 Å². The second-order valence-corrected chi connectivity index (χ2v) is 8.96. The lowest BCUT2D eigenvalue weighted by atomic mass is 10.1. The number of hydrogen-bond donors (Lipinski definition) is 2. The Balaban J connectivity index is 1.75. The van der Waals surface area contributed by atoms with E-state index in [-0.39, 0.29) is 11.8 Å². The van der Waals surface area contributed by atoms with Gasteiger partial charge in [0.25, 0.3) is 0 Å². The number of amides is 2. The monoisotopic (exact) mass is 389 g/mol. The molecular weight excluding hydrogens is 362 g/mol. The summed E-state index contributed by atoms with van der Waals surface area (Å²) in [6, 6.07) is 14.9. The number of benzene rings is 2. The third-order valence-corrected chi connectivity index (χ3v) is 4.85. The van der Waals surface area contributed by atoms with E-state index in [4.69, 9.17) is 0 Å². The number of nitrogens with zero attached hydrogens (tertiary/aromatic N) is 1. The molecule has 0 unspecified atom stereocenters. The van der Waals surface area contributed by atoms with Crippen molar-refractivity contribution in [1.82, 2.24) is 5.32 Å².